The van der Waals surface area contributed by atoms with E-state index >= 15 is 0 Å². The van der Waals surface area contributed by atoms with E-state index in [1.807, 2.05) is 85.5 Å². The van der Waals surface area contributed by atoms with Gasteiger partial charge in [-0.15, -0.1) is 0 Å². The highest BCUT2D eigenvalue weighted by Gasteiger charge is 2.35. The molecule has 0 spiro atoms. The molecule has 1 unspecified atom stereocenters. The van der Waals surface area contributed by atoms with Crippen LogP contribution >= 0.6 is 22.6 Å². The Morgan fingerprint density at radius 2 is 1.84 bits per heavy atom. The van der Waals surface area contributed by atoms with Crippen LogP contribution in [0.2, 0.25) is 0 Å². The van der Waals surface area contributed by atoms with Gasteiger partial charge in [0.2, 0.25) is 0 Å². The van der Waals surface area contributed by atoms with Crippen molar-refractivity contribution < 1.29 is 23.7 Å². The van der Waals surface area contributed by atoms with Crippen LogP contribution in [-0.4, -0.2) is 49.0 Å². The van der Waals surface area contributed by atoms with Crippen molar-refractivity contribution in [2.24, 2.45) is 0 Å². The van der Waals surface area contributed by atoms with E-state index in [1.165, 1.54) is 0 Å². The SMILES string of the molecule is CC(C)(C)OC(=O)N1CCOC([C@@H](Oc2ccccc2OCC=CI)c2ccccc2)C1. The van der Waals surface area contributed by atoms with E-state index in [-0.39, 0.29) is 12.2 Å². The van der Waals surface area contributed by atoms with Crippen LogP contribution in [0.3, 0.4) is 0 Å². The normalized spacial score (nSPS) is 17.8. The van der Waals surface area contributed by atoms with Crippen LogP contribution in [0.1, 0.15) is 32.4 Å². The molecule has 0 N–H and O–H groups in total. The van der Waals surface area contributed by atoms with Gasteiger partial charge in [-0.25, -0.2) is 4.79 Å². The third kappa shape index (κ3) is 7.13. The van der Waals surface area contributed by atoms with Crippen molar-refractivity contribution in [3.63, 3.8) is 0 Å². The summed E-state index contributed by atoms with van der Waals surface area (Å²) in [7, 11) is 0. The first-order valence-electron chi connectivity index (χ1n) is 10.7. The number of nitrogens with zero attached hydrogens (tertiary/aromatic N) is 1. The van der Waals surface area contributed by atoms with Crippen LogP contribution in [0.5, 0.6) is 11.5 Å². The number of halogens is 1. The molecule has 7 heteroatoms. The molecule has 0 aliphatic carbocycles. The second-order valence-electron chi connectivity index (χ2n) is 8.40. The summed E-state index contributed by atoms with van der Waals surface area (Å²) in [5.41, 5.74) is 0.411. The van der Waals surface area contributed by atoms with Gasteiger partial charge in [0, 0.05) is 6.54 Å². The molecule has 1 fully saturated rings. The fourth-order valence-electron chi connectivity index (χ4n) is 3.33. The Morgan fingerprint density at radius 1 is 1.16 bits per heavy atom. The van der Waals surface area contributed by atoms with Crippen LogP contribution in [0, 0.1) is 0 Å². The molecule has 0 aromatic heterocycles. The smallest absolute Gasteiger partial charge is 0.410 e. The van der Waals surface area contributed by atoms with Gasteiger partial charge in [-0.3, -0.25) is 0 Å². The standard InChI is InChI=1S/C25H30INO5/c1-25(2,3)32-24(28)27-15-17-30-22(18-27)23(19-10-5-4-6-11-19)31-21-13-8-7-12-20(21)29-16-9-14-26/h4-14,22-23H,15-18H2,1-3H3/t22?,23-/m0/s1. The van der Waals surface area contributed by atoms with Crippen LogP contribution < -0.4 is 9.47 Å². The summed E-state index contributed by atoms with van der Waals surface area (Å²) >= 11 is 2.16. The maximum absolute atomic E-state index is 12.7. The Labute approximate surface area is 203 Å². The highest BCUT2D eigenvalue weighted by Crippen LogP contribution is 2.34. The summed E-state index contributed by atoms with van der Waals surface area (Å²) in [5.74, 6) is 1.28. The molecule has 1 aliphatic rings. The summed E-state index contributed by atoms with van der Waals surface area (Å²) in [6.45, 7) is 7.31. The molecule has 0 saturated carbocycles. The minimum absolute atomic E-state index is 0.341. The van der Waals surface area contributed by atoms with Crippen molar-refractivity contribution in [2.75, 3.05) is 26.3 Å². The molecule has 172 valence electrons. The fourth-order valence-corrected chi connectivity index (χ4v) is 3.54. The largest absolute Gasteiger partial charge is 0.486 e. The maximum Gasteiger partial charge on any atom is 0.410 e. The molecule has 2 aromatic carbocycles. The molecule has 6 nitrogen and oxygen atoms in total. The molecule has 1 saturated heterocycles. The summed E-state index contributed by atoms with van der Waals surface area (Å²) in [6.07, 6.45) is 0.800. The average Bonchev–Trinajstić information content (AvgIpc) is 2.78. The Kier molecular flexibility index (Phi) is 8.81. The predicted octanol–water partition coefficient (Wildman–Crippen LogP) is 5.77. The number of amides is 1. The molecule has 1 heterocycles. The molecule has 0 bridgehead atoms. The lowest BCUT2D eigenvalue weighted by Gasteiger charge is -2.37. The quantitative estimate of drug-likeness (QED) is 0.409. The van der Waals surface area contributed by atoms with Crippen molar-refractivity contribution >= 4 is 28.7 Å². The van der Waals surface area contributed by atoms with Crippen molar-refractivity contribution in [3.8, 4) is 11.5 Å². The molecule has 2 atom stereocenters. The maximum atomic E-state index is 12.7. The van der Waals surface area contributed by atoms with Crippen molar-refractivity contribution in [3.05, 3.63) is 70.3 Å². The number of para-hydroxylation sites is 2. The minimum atomic E-state index is -0.553. The van der Waals surface area contributed by atoms with Crippen LogP contribution in [0.4, 0.5) is 4.79 Å². The van der Waals surface area contributed by atoms with Gasteiger partial charge in [-0.1, -0.05) is 65.1 Å². The van der Waals surface area contributed by atoms with Crippen LogP contribution in [0.15, 0.2) is 64.8 Å². The van der Waals surface area contributed by atoms with Crippen LogP contribution in [-0.2, 0) is 9.47 Å². The third-order valence-corrected chi connectivity index (χ3v) is 5.25. The molecule has 3 rings (SSSR count). The van der Waals surface area contributed by atoms with Gasteiger partial charge in [0.1, 0.15) is 18.3 Å². The zero-order valence-electron chi connectivity index (χ0n) is 18.7. The van der Waals surface area contributed by atoms with E-state index in [0.29, 0.717) is 37.8 Å². The lowest BCUT2D eigenvalue weighted by atomic mass is 10.0. The first-order chi connectivity index (χ1) is 15.4. The molecule has 32 heavy (non-hydrogen) atoms. The van der Waals surface area contributed by atoms with E-state index in [9.17, 15) is 4.79 Å². The number of ether oxygens (including phenoxy) is 4. The molecular weight excluding hydrogens is 521 g/mol. The van der Waals surface area contributed by atoms with Gasteiger partial charge < -0.3 is 23.8 Å². The number of hydrogen-bond donors (Lipinski definition) is 0. The lowest BCUT2D eigenvalue weighted by molar-refractivity contribution is -0.0840. The highest BCUT2D eigenvalue weighted by molar-refractivity contribution is 14.1. The number of carbonyl (C=O) groups is 1. The second kappa shape index (κ2) is 11.6. The highest BCUT2D eigenvalue weighted by atomic mass is 127. The van der Waals surface area contributed by atoms with Gasteiger partial charge in [-0.05, 0) is 48.6 Å². The van der Waals surface area contributed by atoms with Gasteiger partial charge in [0.15, 0.2) is 17.6 Å². The fraction of sp³-hybridized carbons (Fsp3) is 0.400. The zero-order chi connectivity index (χ0) is 23.0. The van der Waals surface area contributed by atoms with E-state index in [4.69, 9.17) is 18.9 Å². The Morgan fingerprint density at radius 3 is 2.53 bits per heavy atom. The Hall–Kier alpha value is -2.26. The van der Waals surface area contributed by atoms with Crippen molar-refractivity contribution in [1.29, 1.82) is 0 Å². The van der Waals surface area contributed by atoms with E-state index < -0.39 is 11.7 Å². The minimum Gasteiger partial charge on any atom is -0.486 e. The Balaban J connectivity index is 1.82. The van der Waals surface area contributed by atoms with Gasteiger partial charge in [0.05, 0.1) is 13.2 Å². The van der Waals surface area contributed by atoms with E-state index in [0.717, 1.165) is 5.56 Å². The summed E-state index contributed by atoms with van der Waals surface area (Å²) in [6, 6.07) is 17.5. The zero-order valence-corrected chi connectivity index (χ0v) is 20.9. The number of carbonyl (C=O) groups excluding carboxylic acids is 1. The monoisotopic (exact) mass is 551 g/mol. The molecule has 0 radical (unpaired) electrons. The lowest BCUT2D eigenvalue weighted by Crippen LogP contribution is -2.50. The molecule has 2 aromatic rings. The number of hydrogen-bond acceptors (Lipinski definition) is 5. The molecular formula is C25H30INO5. The topological polar surface area (TPSA) is 57.2 Å². The third-order valence-electron chi connectivity index (χ3n) is 4.74. The molecule has 1 amide bonds. The first kappa shape index (κ1) is 24.4. The van der Waals surface area contributed by atoms with Crippen molar-refractivity contribution in [2.45, 2.75) is 38.6 Å². The van der Waals surface area contributed by atoms with Gasteiger partial charge >= 0.3 is 6.09 Å². The van der Waals surface area contributed by atoms with Gasteiger partial charge in [0.25, 0.3) is 0 Å². The summed E-state index contributed by atoms with van der Waals surface area (Å²) < 4.78 is 25.9. The van der Waals surface area contributed by atoms with Crippen LogP contribution in [0.25, 0.3) is 0 Å². The second-order valence-corrected chi connectivity index (χ2v) is 9.12. The number of rotatable bonds is 7. The Bertz CT molecular complexity index is 897. The average molecular weight is 551 g/mol. The summed E-state index contributed by atoms with van der Waals surface area (Å²) in [5, 5.41) is 0. The van der Waals surface area contributed by atoms with E-state index in [2.05, 4.69) is 22.6 Å². The van der Waals surface area contributed by atoms with Gasteiger partial charge in [-0.2, -0.15) is 0 Å². The van der Waals surface area contributed by atoms with E-state index in [1.54, 1.807) is 4.90 Å². The molecule has 1 aliphatic heterocycles. The first-order valence-corrected chi connectivity index (χ1v) is 11.9. The predicted molar refractivity (Wildman–Crippen MR) is 132 cm³/mol. The number of morpholine rings is 1. The summed E-state index contributed by atoms with van der Waals surface area (Å²) in [4.78, 5) is 14.3. The van der Waals surface area contributed by atoms with Crippen molar-refractivity contribution in [1.82, 2.24) is 4.90 Å². The number of benzene rings is 2.